The highest BCUT2D eigenvalue weighted by Gasteiger charge is 2.48. The first kappa shape index (κ1) is 74.1. The zero-order chi connectivity index (χ0) is 77.5. The molecule has 12 aromatic rings. The summed E-state index contributed by atoms with van der Waals surface area (Å²) in [7, 11) is 0. The van der Waals surface area contributed by atoms with Gasteiger partial charge in [-0.1, -0.05) is 0 Å². The lowest BCUT2D eigenvalue weighted by atomic mass is 9.35. The van der Waals surface area contributed by atoms with Crippen LogP contribution < -0.4 is 16.4 Å². The lowest BCUT2D eigenvalue weighted by Gasteiger charge is -2.25. The molecule has 0 aliphatic carbocycles. The first-order valence-electron chi connectivity index (χ1n) is 28.8. The molecular formula is C72H18BF33. The average molecular weight is 1520 g/mol. The molecule has 12 rings (SSSR count). The Hall–Kier alpha value is -11.6. The summed E-state index contributed by atoms with van der Waals surface area (Å²) < 4.78 is 542. The van der Waals surface area contributed by atoms with E-state index in [1.165, 1.54) is 0 Å². The van der Waals surface area contributed by atoms with Crippen LogP contribution in [0.3, 0.4) is 0 Å². The van der Waals surface area contributed by atoms with Crippen LogP contribution in [0.4, 0.5) is 145 Å². The van der Waals surface area contributed by atoms with Gasteiger partial charge in [0.2, 0.25) is 0 Å². The van der Waals surface area contributed by atoms with Gasteiger partial charge in [0.15, 0.2) is 69.8 Å². The molecule has 34 heteroatoms. The fourth-order valence-electron chi connectivity index (χ4n) is 12.0. The second kappa shape index (κ2) is 27.1. The van der Waals surface area contributed by atoms with Crippen LogP contribution in [0.25, 0.3) is 100 Å². The molecule has 0 aliphatic heterocycles. The Morgan fingerprint density at radius 2 is 0.255 bits per heavy atom. The molecule has 0 nitrogen and oxygen atoms in total. The molecule has 0 aromatic heterocycles. The second-order valence-electron chi connectivity index (χ2n) is 22.5. The molecule has 12 aromatic carbocycles. The summed E-state index contributed by atoms with van der Waals surface area (Å²) in [5, 5.41) is 0. The fraction of sp³-hybridized carbons (Fsp3) is 0. The molecule has 0 spiro atoms. The number of hydrogen-bond acceptors (Lipinski definition) is 0. The molecule has 0 atom stereocenters. The molecule has 540 valence electrons. The highest BCUT2D eigenvalue weighted by atomic mass is 19.2. The zero-order valence-electron chi connectivity index (χ0n) is 50.4. The summed E-state index contributed by atoms with van der Waals surface area (Å²) in [6.45, 7) is -5.07. The van der Waals surface area contributed by atoms with E-state index in [0.717, 1.165) is 0 Å². The minimum Gasteiger partial charge on any atom is -0.207 e. The first-order valence-corrected chi connectivity index (χ1v) is 28.8. The van der Waals surface area contributed by atoms with Gasteiger partial charge in [-0.25, -0.2) is 145 Å². The van der Waals surface area contributed by atoms with Crippen LogP contribution in [-0.4, -0.2) is 6.71 Å². The third-order valence-corrected chi connectivity index (χ3v) is 16.7. The molecule has 0 unspecified atom stereocenters. The Morgan fingerprint density at radius 3 is 0.387 bits per heavy atom. The maximum Gasteiger partial charge on any atom is 0.265 e. The van der Waals surface area contributed by atoms with E-state index in [9.17, 15) is 26.3 Å². The molecule has 0 aliphatic rings. The van der Waals surface area contributed by atoms with Crippen molar-refractivity contribution in [3.8, 4) is 100 Å². The van der Waals surface area contributed by atoms with Gasteiger partial charge in [0.1, 0.15) is 122 Å². The fourth-order valence-corrected chi connectivity index (χ4v) is 12.0. The van der Waals surface area contributed by atoms with Crippen LogP contribution in [0.2, 0.25) is 0 Å². The third kappa shape index (κ3) is 11.6. The monoisotopic (exact) mass is 1520 g/mol. The van der Waals surface area contributed by atoms with Gasteiger partial charge < -0.3 is 0 Å². The van der Waals surface area contributed by atoms with Gasteiger partial charge in [-0.05, 0) is 72.8 Å². The second-order valence-corrected chi connectivity index (χ2v) is 22.5. The van der Waals surface area contributed by atoms with Crippen LogP contribution in [0, 0.1) is 192 Å². The molecule has 0 radical (unpaired) electrons. The maximum absolute atomic E-state index is 17.7. The van der Waals surface area contributed by atoms with E-state index in [1.807, 2.05) is 0 Å². The van der Waals surface area contributed by atoms with Gasteiger partial charge in [-0.15, -0.1) is 0 Å². The molecular weight excluding hydrogens is 1500 g/mol. The van der Waals surface area contributed by atoms with Crippen LogP contribution in [0.15, 0.2) is 109 Å². The third-order valence-electron chi connectivity index (χ3n) is 16.7. The number of halogens is 33. The molecule has 0 N–H and O–H groups in total. The predicted molar refractivity (Wildman–Crippen MR) is 312 cm³/mol. The van der Waals surface area contributed by atoms with E-state index in [4.69, 9.17) is 0 Å². The van der Waals surface area contributed by atoms with E-state index in [0.29, 0.717) is 0 Å². The Balaban J connectivity index is 1.22. The van der Waals surface area contributed by atoms with E-state index in [2.05, 4.69) is 0 Å². The number of hydrogen-bond donors (Lipinski definition) is 0. The quantitative estimate of drug-likeness (QED) is 0.0650. The first-order chi connectivity index (χ1) is 49.9. The smallest absolute Gasteiger partial charge is 0.207 e. The average Bonchev–Trinajstić information content (AvgIpc) is 0.710. The topological polar surface area (TPSA) is 0 Å². The lowest BCUT2D eigenvalue weighted by Crippen LogP contribution is -2.60. The van der Waals surface area contributed by atoms with Crippen molar-refractivity contribution in [1.82, 2.24) is 0 Å². The normalized spacial score (nSPS) is 11.6. The Bertz CT molecular complexity index is 4970. The molecule has 0 bridgehead atoms. The summed E-state index contributed by atoms with van der Waals surface area (Å²) in [5.74, 6) is -93.7. The van der Waals surface area contributed by atoms with Gasteiger partial charge in [0.25, 0.3) is 6.71 Å². The van der Waals surface area contributed by atoms with Crippen LogP contribution in [0.1, 0.15) is 0 Å². The Kier molecular flexibility index (Phi) is 19.0. The molecule has 0 saturated carbocycles. The summed E-state index contributed by atoms with van der Waals surface area (Å²) in [6.07, 6.45) is 0. The van der Waals surface area contributed by atoms with Gasteiger partial charge in [-0.3, -0.25) is 0 Å². The van der Waals surface area contributed by atoms with Crippen molar-refractivity contribution < 1.29 is 145 Å². The Labute approximate surface area is 567 Å². The van der Waals surface area contributed by atoms with Crippen molar-refractivity contribution >= 4 is 23.1 Å². The summed E-state index contributed by atoms with van der Waals surface area (Å²) in [5.41, 5.74) is -52.1. The minimum atomic E-state index is -5.07. The van der Waals surface area contributed by atoms with E-state index in [1.54, 1.807) is 0 Å². The van der Waals surface area contributed by atoms with Crippen molar-refractivity contribution in [3.05, 3.63) is 301 Å². The van der Waals surface area contributed by atoms with E-state index in [-0.39, 0.29) is 109 Å². The van der Waals surface area contributed by atoms with Gasteiger partial charge in [0.05, 0.1) is 66.8 Å². The number of rotatable bonds is 12. The molecule has 106 heavy (non-hydrogen) atoms. The predicted octanol–water partition coefficient (Wildman–Crippen LogP) is 21.8. The summed E-state index contributed by atoms with van der Waals surface area (Å²) >= 11 is 0. The molecule has 0 amide bonds. The largest absolute Gasteiger partial charge is 0.265 e. The Morgan fingerprint density at radius 1 is 0.132 bits per heavy atom. The standard InChI is InChI=1S/C72H18BF33/c74-19-1-7-25(31(80)13-19)37-52(86)38(26-8-2-20(75)14-32(26)81)56(90)43(55(37)89)46-61(95)67(101)49(68(102)62(46)96)73(50-69(103)63(97)47(64(98)70(50)104)44-57(91)39(27-9-3-21(76)15-33(27)82)53(87)40(58(44)92)28-10-4-22(77)16-34(28)83)51-71(105)65(99)48(66(100)72(51)106)45-59(93)41(29-11-5-23(78)17-35(29)84)54(88)42(60(45)94)30-12-6-24(79)18-36(30)85/h1-18H. The highest BCUT2D eigenvalue weighted by molar-refractivity contribution is 6.96. The summed E-state index contributed by atoms with van der Waals surface area (Å²) in [4.78, 5) is 0. The van der Waals surface area contributed by atoms with E-state index < -0.39 is 315 Å². The molecule has 0 heterocycles. The van der Waals surface area contributed by atoms with Crippen LogP contribution >= 0.6 is 0 Å². The van der Waals surface area contributed by atoms with Crippen LogP contribution in [-0.2, 0) is 0 Å². The SMILES string of the molecule is Fc1ccc(-c2c(F)c(-c3ccc(F)cc3F)c(F)c(-c3c(F)c(F)c(B(c4c(F)c(F)c(-c5c(F)c(-c6ccc(F)cc6F)c(F)c(-c6ccc(F)cc6F)c5F)c(F)c4F)c4c(F)c(F)c(-c5c(F)c(-c6ccc(F)cc6F)c(F)c(-c6ccc(F)cc6F)c5F)c(F)c4F)c(F)c3F)c2F)c(F)c1. The maximum atomic E-state index is 17.7. The van der Waals surface area contributed by atoms with Crippen molar-refractivity contribution in [2.75, 3.05) is 0 Å². The van der Waals surface area contributed by atoms with E-state index >= 15 is 119 Å². The molecule has 0 saturated heterocycles. The highest BCUT2D eigenvalue weighted by Crippen LogP contribution is 2.50. The lowest BCUT2D eigenvalue weighted by molar-refractivity contribution is 0.458. The van der Waals surface area contributed by atoms with Crippen molar-refractivity contribution in [2.24, 2.45) is 0 Å². The minimum absolute atomic E-state index is 0.0558. The zero-order valence-corrected chi connectivity index (χ0v) is 50.4. The van der Waals surface area contributed by atoms with Gasteiger partial charge in [-0.2, -0.15) is 0 Å². The summed E-state index contributed by atoms with van der Waals surface area (Å²) in [6, 6.07) is -0.0456. The number of benzene rings is 12. The van der Waals surface area contributed by atoms with Crippen molar-refractivity contribution in [3.63, 3.8) is 0 Å². The molecule has 0 fully saturated rings. The van der Waals surface area contributed by atoms with Crippen molar-refractivity contribution in [1.29, 1.82) is 0 Å². The van der Waals surface area contributed by atoms with Gasteiger partial charge in [0, 0.05) is 86.2 Å². The van der Waals surface area contributed by atoms with Crippen molar-refractivity contribution in [2.45, 2.75) is 0 Å². The van der Waals surface area contributed by atoms with Gasteiger partial charge >= 0.3 is 0 Å². The van der Waals surface area contributed by atoms with Crippen LogP contribution in [0.5, 0.6) is 0 Å².